The lowest BCUT2D eigenvalue weighted by atomic mass is 10.3. The Balaban J connectivity index is 1.48. The zero-order valence-electron chi connectivity index (χ0n) is 15.2. The monoisotopic (exact) mass is 410 g/mol. The Hall–Kier alpha value is -1.80. The second-order valence-corrected chi connectivity index (χ2v) is 8.60. The topological polar surface area (TPSA) is 59.1 Å². The molecule has 1 aliphatic heterocycles. The molecular formula is C19H23ClN2O4S. The van der Waals surface area contributed by atoms with Gasteiger partial charge in [-0.3, -0.25) is 4.90 Å². The van der Waals surface area contributed by atoms with E-state index in [0.29, 0.717) is 48.5 Å². The van der Waals surface area contributed by atoms with Gasteiger partial charge in [-0.2, -0.15) is 4.31 Å². The fourth-order valence-corrected chi connectivity index (χ4v) is 4.46. The molecule has 146 valence electrons. The van der Waals surface area contributed by atoms with E-state index in [9.17, 15) is 8.42 Å². The van der Waals surface area contributed by atoms with Crippen molar-refractivity contribution in [3.05, 3.63) is 53.6 Å². The van der Waals surface area contributed by atoms with Crippen molar-refractivity contribution in [1.29, 1.82) is 0 Å². The van der Waals surface area contributed by atoms with Gasteiger partial charge in [0.05, 0.1) is 12.0 Å². The van der Waals surface area contributed by atoms with Crippen molar-refractivity contribution in [3.8, 4) is 11.5 Å². The number of methoxy groups -OCH3 is 1. The summed E-state index contributed by atoms with van der Waals surface area (Å²) in [5.41, 5.74) is 0. The van der Waals surface area contributed by atoms with Gasteiger partial charge in [0.2, 0.25) is 10.0 Å². The van der Waals surface area contributed by atoms with Crippen LogP contribution in [0.1, 0.15) is 0 Å². The summed E-state index contributed by atoms with van der Waals surface area (Å²) in [5.74, 6) is 1.42. The molecular weight excluding hydrogens is 388 g/mol. The van der Waals surface area contributed by atoms with E-state index in [1.54, 1.807) is 43.5 Å². The second kappa shape index (κ2) is 8.93. The van der Waals surface area contributed by atoms with Crippen LogP contribution >= 0.6 is 11.6 Å². The van der Waals surface area contributed by atoms with Crippen LogP contribution in [0.4, 0.5) is 0 Å². The summed E-state index contributed by atoms with van der Waals surface area (Å²) in [4.78, 5) is 2.50. The Kier molecular flexibility index (Phi) is 6.59. The first-order valence-corrected chi connectivity index (χ1v) is 10.6. The number of sulfonamides is 1. The third-order valence-electron chi connectivity index (χ3n) is 4.52. The van der Waals surface area contributed by atoms with Crippen molar-refractivity contribution in [3.63, 3.8) is 0 Å². The summed E-state index contributed by atoms with van der Waals surface area (Å²) in [7, 11) is -1.92. The minimum absolute atomic E-state index is 0.294. The van der Waals surface area contributed by atoms with E-state index in [4.69, 9.17) is 21.1 Å². The lowest BCUT2D eigenvalue weighted by Crippen LogP contribution is -2.49. The number of hydrogen-bond acceptors (Lipinski definition) is 5. The lowest BCUT2D eigenvalue weighted by molar-refractivity contribution is 0.159. The average molecular weight is 411 g/mol. The smallest absolute Gasteiger partial charge is 0.243 e. The number of halogens is 1. The quantitative estimate of drug-likeness (QED) is 0.702. The Morgan fingerprint density at radius 1 is 0.926 bits per heavy atom. The third kappa shape index (κ3) is 5.13. The Morgan fingerprint density at radius 2 is 1.52 bits per heavy atom. The maximum absolute atomic E-state index is 12.8. The van der Waals surface area contributed by atoms with Gasteiger partial charge in [0.25, 0.3) is 0 Å². The van der Waals surface area contributed by atoms with Gasteiger partial charge in [-0.05, 0) is 48.5 Å². The van der Waals surface area contributed by atoms with Crippen LogP contribution in [0.5, 0.6) is 11.5 Å². The molecule has 6 nitrogen and oxygen atoms in total. The number of nitrogens with zero attached hydrogens (tertiary/aromatic N) is 2. The molecule has 1 saturated heterocycles. The summed E-state index contributed by atoms with van der Waals surface area (Å²) < 4.78 is 37.8. The lowest BCUT2D eigenvalue weighted by Gasteiger charge is -2.33. The molecule has 0 spiro atoms. The van der Waals surface area contributed by atoms with Gasteiger partial charge in [-0.15, -0.1) is 0 Å². The van der Waals surface area contributed by atoms with Gasteiger partial charge < -0.3 is 9.47 Å². The molecule has 8 heteroatoms. The number of hydrogen-bond donors (Lipinski definition) is 0. The zero-order chi connectivity index (χ0) is 19.3. The van der Waals surface area contributed by atoms with E-state index in [0.717, 1.165) is 12.3 Å². The molecule has 1 heterocycles. The van der Waals surface area contributed by atoms with Gasteiger partial charge >= 0.3 is 0 Å². The van der Waals surface area contributed by atoms with Gasteiger partial charge in [-0.25, -0.2) is 8.42 Å². The van der Waals surface area contributed by atoms with E-state index >= 15 is 0 Å². The molecule has 0 radical (unpaired) electrons. The molecule has 0 bridgehead atoms. The predicted molar refractivity (Wildman–Crippen MR) is 105 cm³/mol. The van der Waals surface area contributed by atoms with Crippen LogP contribution in [0.2, 0.25) is 5.02 Å². The first-order chi connectivity index (χ1) is 13.0. The fourth-order valence-electron chi connectivity index (χ4n) is 2.91. The molecule has 2 aromatic carbocycles. The molecule has 0 N–H and O–H groups in total. The fraction of sp³-hybridized carbons (Fsp3) is 0.368. The second-order valence-electron chi connectivity index (χ2n) is 6.22. The van der Waals surface area contributed by atoms with Crippen LogP contribution in [0.25, 0.3) is 0 Å². The molecule has 3 rings (SSSR count). The summed E-state index contributed by atoms with van der Waals surface area (Å²) >= 11 is 5.85. The van der Waals surface area contributed by atoms with Gasteiger partial charge in [0, 0.05) is 37.7 Å². The maximum atomic E-state index is 12.8. The highest BCUT2D eigenvalue weighted by Gasteiger charge is 2.28. The van der Waals surface area contributed by atoms with Gasteiger partial charge in [-0.1, -0.05) is 11.6 Å². The standard InChI is InChI=1S/C19H23ClN2O4S/c1-25-17-6-8-19(9-7-17)27(23,24)22-12-10-21(11-13-22)14-15-26-18-4-2-16(20)3-5-18/h2-9H,10-15H2,1H3. The summed E-state index contributed by atoms with van der Waals surface area (Å²) in [6, 6.07) is 13.7. The van der Waals surface area contributed by atoms with Crippen LogP contribution in [-0.4, -0.2) is 64.1 Å². The molecule has 27 heavy (non-hydrogen) atoms. The average Bonchev–Trinajstić information content (AvgIpc) is 2.70. The van der Waals surface area contributed by atoms with Gasteiger partial charge in [0.15, 0.2) is 0 Å². The number of rotatable bonds is 7. The van der Waals surface area contributed by atoms with E-state index in [1.807, 2.05) is 12.1 Å². The first-order valence-electron chi connectivity index (χ1n) is 8.74. The summed E-state index contributed by atoms with van der Waals surface area (Å²) in [6.45, 7) is 3.59. The van der Waals surface area contributed by atoms with E-state index < -0.39 is 10.0 Å². The van der Waals surface area contributed by atoms with Crippen LogP contribution in [0, 0.1) is 0 Å². The molecule has 0 saturated carbocycles. The summed E-state index contributed by atoms with van der Waals surface area (Å²) in [5, 5.41) is 0.677. The highest BCUT2D eigenvalue weighted by atomic mass is 35.5. The Morgan fingerprint density at radius 3 is 2.11 bits per heavy atom. The number of benzene rings is 2. The third-order valence-corrected chi connectivity index (χ3v) is 6.68. The normalized spacial score (nSPS) is 16.2. The Bertz CT molecular complexity index is 833. The van der Waals surface area contributed by atoms with Crippen LogP contribution in [-0.2, 0) is 10.0 Å². The molecule has 0 amide bonds. The van der Waals surface area contributed by atoms with Crippen LogP contribution in [0.3, 0.4) is 0 Å². The van der Waals surface area contributed by atoms with Crippen LogP contribution < -0.4 is 9.47 Å². The van der Waals surface area contributed by atoms with Gasteiger partial charge in [0.1, 0.15) is 18.1 Å². The molecule has 1 aliphatic rings. The SMILES string of the molecule is COc1ccc(S(=O)(=O)N2CCN(CCOc3ccc(Cl)cc3)CC2)cc1. The van der Waals surface area contributed by atoms with Crippen LogP contribution in [0.15, 0.2) is 53.4 Å². The minimum atomic E-state index is -3.47. The maximum Gasteiger partial charge on any atom is 0.243 e. The largest absolute Gasteiger partial charge is 0.497 e. The molecule has 0 atom stereocenters. The number of ether oxygens (including phenoxy) is 2. The van der Waals surface area contributed by atoms with E-state index in [1.165, 1.54) is 4.31 Å². The van der Waals surface area contributed by atoms with Crippen molar-refractivity contribution in [1.82, 2.24) is 9.21 Å². The first kappa shape index (κ1) is 19.9. The predicted octanol–water partition coefficient (Wildman–Crippen LogP) is 2.73. The Labute approximate surface area is 165 Å². The molecule has 0 aromatic heterocycles. The van der Waals surface area contributed by atoms with Crippen molar-refractivity contribution < 1.29 is 17.9 Å². The number of piperazine rings is 1. The highest BCUT2D eigenvalue weighted by molar-refractivity contribution is 7.89. The molecule has 1 fully saturated rings. The van der Waals surface area contributed by atoms with E-state index in [-0.39, 0.29) is 0 Å². The minimum Gasteiger partial charge on any atom is -0.497 e. The van der Waals surface area contributed by atoms with Crippen molar-refractivity contribution in [2.24, 2.45) is 0 Å². The summed E-state index contributed by atoms with van der Waals surface area (Å²) in [6.07, 6.45) is 0. The highest BCUT2D eigenvalue weighted by Crippen LogP contribution is 2.21. The van der Waals surface area contributed by atoms with Crippen molar-refractivity contribution in [2.45, 2.75) is 4.90 Å². The molecule has 0 unspecified atom stereocenters. The van der Waals surface area contributed by atoms with E-state index in [2.05, 4.69) is 4.90 Å². The van der Waals surface area contributed by atoms with Crippen molar-refractivity contribution >= 4 is 21.6 Å². The van der Waals surface area contributed by atoms with Crippen molar-refractivity contribution in [2.75, 3.05) is 46.4 Å². The molecule has 0 aliphatic carbocycles. The molecule has 2 aromatic rings. The zero-order valence-corrected chi connectivity index (χ0v) is 16.7.